The van der Waals surface area contributed by atoms with Crippen LogP contribution in [0.4, 0.5) is 0 Å². The van der Waals surface area contributed by atoms with Crippen molar-refractivity contribution in [2.24, 2.45) is 0 Å². The second-order valence-corrected chi connectivity index (χ2v) is 11.1. The Bertz CT molecular complexity index is 124. The minimum Gasteiger partial charge on any atom is -0.461 e. The number of ether oxygens (including phenoxy) is 1. The molecule has 0 amide bonds. The molecule has 0 fully saturated rings. The van der Waals surface area contributed by atoms with Gasteiger partial charge < -0.3 is 8.85 Å². The molecule has 0 atom stereocenters. The van der Waals surface area contributed by atoms with Crippen molar-refractivity contribution >= 4 is 18.1 Å². The summed E-state index contributed by atoms with van der Waals surface area (Å²) in [6.45, 7) is 10.8. The van der Waals surface area contributed by atoms with E-state index in [9.17, 15) is 0 Å². The molecular weight excluding hydrogens is 208 g/mol. The third kappa shape index (κ3) is 12.4. The first-order chi connectivity index (χ1) is 6.56. The summed E-state index contributed by atoms with van der Waals surface area (Å²) >= 11 is 0. The van der Waals surface area contributed by atoms with Crippen LogP contribution in [0.5, 0.6) is 0 Å². The Morgan fingerprint density at radius 2 is 1.71 bits per heavy atom. The van der Waals surface area contributed by atoms with Crippen molar-refractivity contribution < 1.29 is 8.85 Å². The molecule has 2 nitrogen and oxygen atoms in total. The Labute approximate surface area is 92.5 Å². The highest BCUT2D eigenvalue weighted by molar-refractivity contribution is 6.73. The summed E-state index contributed by atoms with van der Waals surface area (Å²) in [7, 11) is -1.47. The summed E-state index contributed by atoms with van der Waals surface area (Å²) in [6.07, 6.45) is 3.62. The number of rotatable bonds is 9. The molecule has 0 aliphatic rings. The first-order valence-electron chi connectivity index (χ1n) is 5.78. The van der Waals surface area contributed by atoms with E-state index in [4.69, 9.17) is 8.85 Å². The first-order valence-corrected chi connectivity index (χ1v) is 10.8. The number of hydrogen-bond donors (Lipinski definition) is 0. The van der Waals surface area contributed by atoms with Crippen LogP contribution in [-0.2, 0) is 8.85 Å². The molecule has 0 rings (SSSR count). The summed E-state index contributed by atoms with van der Waals surface area (Å²) in [4.78, 5) is 0. The lowest BCUT2D eigenvalue weighted by Gasteiger charge is -2.17. The standard InChI is InChI=1S/C10H26O2Si2/c1-5-6-8-11-9-7-10-13-12-14(2,3)4/h5-10,13H2,1-4H3. The molecular formula is C10H26O2Si2. The van der Waals surface area contributed by atoms with Crippen LogP contribution in [0.1, 0.15) is 26.2 Å². The van der Waals surface area contributed by atoms with Gasteiger partial charge in [-0.2, -0.15) is 0 Å². The molecule has 0 aliphatic carbocycles. The highest BCUT2D eigenvalue weighted by Gasteiger charge is 2.12. The van der Waals surface area contributed by atoms with E-state index in [2.05, 4.69) is 26.6 Å². The van der Waals surface area contributed by atoms with Gasteiger partial charge in [-0.15, -0.1) is 0 Å². The summed E-state index contributed by atoms with van der Waals surface area (Å²) in [5, 5.41) is 0. The predicted octanol–water partition coefficient (Wildman–Crippen LogP) is 2.55. The molecule has 0 aliphatic heterocycles. The topological polar surface area (TPSA) is 18.5 Å². The fourth-order valence-electron chi connectivity index (χ4n) is 1.03. The van der Waals surface area contributed by atoms with E-state index in [0.29, 0.717) is 0 Å². The number of unbranched alkanes of at least 4 members (excludes halogenated alkanes) is 1. The molecule has 0 aromatic heterocycles. The zero-order valence-electron chi connectivity index (χ0n) is 10.3. The van der Waals surface area contributed by atoms with Crippen molar-refractivity contribution in [2.75, 3.05) is 13.2 Å². The summed E-state index contributed by atoms with van der Waals surface area (Å²) in [5.41, 5.74) is 0. The third-order valence-electron chi connectivity index (χ3n) is 1.86. The van der Waals surface area contributed by atoms with Gasteiger partial charge >= 0.3 is 0 Å². The summed E-state index contributed by atoms with van der Waals surface area (Å²) in [5.74, 6) is 0. The predicted molar refractivity (Wildman–Crippen MR) is 68.1 cm³/mol. The SMILES string of the molecule is CCCCOCCC[SiH2]O[Si](C)(C)C. The lowest BCUT2D eigenvalue weighted by Crippen LogP contribution is -2.27. The quantitative estimate of drug-likeness (QED) is 0.451. The van der Waals surface area contributed by atoms with Crippen molar-refractivity contribution in [3.05, 3.63) is 0 Å². The Kier molecular flexibility index (Phi) is 8.86. The van der Waals surface area contributed by atoms with Gasteiger partial charge in [0.15, 0.2) is 8.32 Å². The van der Waals surface area contributed by atoms with Gasteiger partial charge in [0.1, 0.15) is 9.76 Å². The molecule has 0 spiro atoms. The monoisotopic (exact) mass is 234 g/mol. The Morgan fingerprint density at radius 1 is 1.07 bits per heavy atom. The van der Waals surface area contributed by atoms with Crippen molar-refractivity contribution in [1.82, 2.24) is 0 Å². The molecule has 14 heavy (non-hydrogen) atoms. The molecule has 0 aromatic rings. The van der Waals surface area contributed by atoms with E-state index in [1.54, 1.807) is 0 Å². The maximum atomic E-state index is 5.88. The second-order valence-electron chi connectivity index (χ2n) is 4.63. The van der Waals surface area contributed by atoms with E-state index in [1.807, 2.05) is 0 Å². The average molecular weight is 234 g/mol. The van der Waals surface area contributed by atoms with Crippen LogP contribution in [0.3, 0.4) is 0 Å². The van der Waals surface area contributed by atoms with Crippen LogP contribution in [-0.4, -0.2) is 31.3 Å². The molecule has 0 aromatic carbocycles. The molecule has 0 saturated carbocycles. The minimum absolute atomic E-state index is 0.251. The van der Waals surface area contributed by atoms with Crippen molar-refractivity contribution in [3.8, 4) is 0 Å². The van der Waals surface area contributed by atoms with Gasteiger partial charge in [-0.1, -0.05) is 13.3 Å². The summed E-state index contributed by atoms with van der Waals surface area (Å²) in [6, 6.07) is 1.27. The van der Waals surface area contributed by atoms with E-state index in [0.717, 1.165) is 13.2 Å². The van der Waals surface area contributed by atoms with Crippen LogP contribution in [0.2, 0.25) is 25.7 Å². The Hall–Kier alpha value is 0.354. The molecule has 0 bridgehead atoms. The fourth-order valence-corrected chi connectivity index (χ4v) is 4.47. The van der Waals surface area contributed by atoms with Crippen molar-refractivity contribution in [3.63, 3.8) is 0 Å². The Balaban J connectivity index is 2.99. The molecule has 4 heteroatoms. The molecule has 0 N–H and O–H groups in total. The summed E-state index contributed by atoms with van der Waals surface area (Å²) < 4.78 is 11.4. The first kappa shape index (κ1) is 14.4. The van der Waals surface area contributed by atoms with Crippen LogP contribution >= 0.6 is 0 Å². The second kappa shape index (κ2) is 8.65. The van der Waals surface area contributed by atoms with Gasteiger partial charge in [0.2, 0.25) is 0 Å². The van der Waals surface area contributed by atoms with Crippen molar-refractivity contribution in [1.29, 1.82) is 0 Å². The third-order valence-corrected chi connectivity index (χ3v) is 6.93. The maximum Gasteiger partial charge on any atom is 0.169 e. The van der Waals surface area contributed by atoms with Crippen LogP contribution in [0.15, 0.2) is 0 Å². The molecule has 0 saturated heterocycles. The largest absolute Gasteiger partial charge is 0.461 e. The minimum atomic E-state index is -1.22. The lowest BCUT2D eigenvalue weighted by molar-refractivity contribution is 0.131. The fraction of sp³-hybridized carbons (Fsp3) is 1.00. The van der Waals surface area contributed by atoms with E-state index in [1.165, 1.54) is 25.3 Å². The zero-order chi connectivity index (χ0) is 10.9. The number of hydrogen-bond acceptors (Lipinski definition) is 2. The van der Waals surface area contributed by atoms with Gasteiger partial charge in [0.05, 0.1) is 0 Å². The smallest absolute Gasteiger partial charge is 0.169 e. The highest BCUT2D eigenvalue weighted by Crippen LogP contribution is 2.03. The highest BCUT2D eigenvalue weighted by atomic mass is 28.4. The van der Waals surface area contributed by atoms with Gasteiger partial charge in [0, 0.05) is 13.2 Å². The molecule has 0 heterocycles. The Morgan fingerprint density at radius 3 is 2.29 bits per heavy atom. The van der Waals surface area contributed by atoms with Crippen LogP contribution in [0, 0.1) is 0 Å². The van der Waals surface area contributed by atoms with E-state index in [-0.39, 0.29) is 9.76 Å². The lowest BCUT2D eigenvalue weighted by atomic mass is 10.4. The van der Waals surface area contributed by atoms with Crippen LogP contribution in [0.25, 0.3) is 0 Å². The van der Waals surface area contributed by atoms with E-state index >= 15 is 0 Å². The van der Waals surface area contributed by atoms with Gasteiger partial charge in [-0.05, 0) is 38.5 Å². The molecule has 86 valence electrons. The average Bonchev–Trinajstić information content (AvgIpc) is 2.08. The zero-order valence-corrected chi connectivity index (χ0v) is 12.7. The maximum absolute atomic E-state index is 5.88. The van der Waals surface area contributed by atoms with Gasteiger partial charge in [-0.25, -0.2) is 0 Å². The van der Waals surface area contributed by atoms with Crippen molar-refractivity contribution in [2.45, 2.75) is 51.9 Å². The molecule has 0 radical (unpaired) electrons. The normalized spacial score (nSPS) is 12.9. The van der Waals surface area contributed by atoms with Gasteiger partial charge in [-0.3, -0.25) is 0 Å². The van der Waals surface area contributed by atoms with Crippen LogP contribution < -0.4 is 0 Å². The molecule has 0 unspecified atom stereocenters. The van der Waals surface area contributed by atoms with Gasteiger partial charge in [0.25, 0.3) is 0 Å². The van der Waals surface area contributed by atoms with E-state index < -0.39 is 8.32 Å².